The molecule has 0 unspecified atom stereocenters. The van der Waals surface area contributed by atoms with E-state index in [1.165, 1.54) is 0 Å². The Morgan fingerprint density at radius 2 is 1.80 bits per heavy atom. The maximum absolute atomic E-state index is 9.12. The number of anilines is 1. The Balaban J connectivity index is 3.31. The third kappa shape index (κ3) is 2.07. The normalized spacial score (nSPS) is 9.80. The van der Waals surface area contributed by atoms with E-state index in [9.17, 15) is 0 Å². The first-order chi connectivity index (χ1) is 7.15. The van der Waals surface area contributed by atoms with Gasteiger partial charge in [0.05, 0.1) is 5.69 Å². The Kier molecular flexibility index (Phi) is 3.62. The Morgan fingerprint density at radius 3 is 2.27 bits per heavy atom. The van der Waals surface area contributed by atoms with Gasteiger partial charge in [0.15, 0.2) is 5.82 Å². The minimum atomic E-state index is 0.645. The van der Waals surface area contributed by atoms with Crippen LogP contribution in [0.2, 0.25) is 0 Å². The van der Waals surface area contributed by atoms with Crippen molar-refractivity contribution >= 4 is 5.82 Å². The van der Waals surface area contributed by atoms with E-state index < -0.39 is 0 Å². The van der Waals surface area contributed by atoms with Crippen LogP contribution in [0.4, 0.5) is 5.82 Å². The molecule has 0 amide bonds. The van der Waals surface area contributed by atoms with Crippen molar-refractivity contribution in [2.75, 3.05) is 18.0 Å². The van der Waals surface area contributed by atoms with Crippen LogP contribution in [-0.4, -0.2) is 23.3 Å². The van der Waals surface area contributed by atoms with Gasteiger partial charge in [-0.3, -0.25) is 0 Å². The fourth-order valence-corrected chi connectivity index (χ4v) is 1.47. The molecule has 15 heavy (non-hydrogen) atoms. The van der Waals surface area contributed by atoms with Gasteiger partial charge in [0.1, 0.15) is 11.6 Å². The highest BCUT2D eigenvalue weighted by molar-refractivity contribution is 5.57. The second-order valence-corrected chi connectivity index (χ2v) is 3.39. The van der Waals surface area contributed by atoms with Crippen LogP contribution < -0.4 is 4.90 Å². The molecule has 1 aromatic rings. The van der Waals surface area contributed by atoms with Crippen LogP contribution in [0, 0.1) is 25.2 Å². The van der Waals surface area contributed by atoms with Crippen molar-refractivity contribution < 1.29 is 0 Å². The third-order valence-corrected chi connectivity index (χ3v) is 2.61. The predicted molar refractivity (Wildman–Crippen MR) is 59.8 cm³/mol. The topological polar surface area (TPSA) is 52.8 Å². The number of nitriles is 1. The standard InChI is InChI=1S/C11H16N4/c1-5-15(6-2)11-10(7-12)8(3)9(4)13-14-11/h5-6H2,1-4H3. The Labute approximate surface area is 90.5 Å². The first-order valence-corrected chi connectivity index (χ1v) is 5.14. The summed E-state index contributed by atoms with van der Waals surface area (Å²) in [7, 11) is 0. The average molecular weight is 204 g/mol. The highest BCUT2D eigenvalue weighted by Gasteiger charge is 2.14. The molecular formula is C11H16N4. The van der Waals surface area contributed by atoms with Gasteiger partial charge in [0, 0.05) is 13.1 Å². The van der Waals surface area contributed by atoms with Crippen LogP contribution in [0.5, 0.6) is 0 Å². The molecule has 0 N–H and O–H groups in total. The molecule has 0 fully saturated rings. The molecule has 0 bridgehead atoms. The summed E-state index contributed by atoms with van der Waals surface area (Å²) in [6, 6.07) is 2.21. The van der Waals surface area contributed by atoms with Gasteiger partial charge in [-0.2, -0.15) is 10.4 Å². The Morgan fingerprint density at radius 1 is 1.20 bits per heavy atom. The lowest BCUT2D eigenvalue weighted by Gasteiger charge is -2.21. The summed E-state index contributed by atoms with van der Waals surface area (Å²) in [5.74, 6) is 0.700. The average Bonchev–Trinajstić information content (AvgIpc) is 2.25. The predicted octanol–water partition coefficient (Wildman–Crippen LogP) is 1.81. The van der Waals surface area contributed by atoms with Crippen molar-refractivity contribution in [2.45, 2.75) is 27.7 Å². The van der Waals surface area contributed by atoms with Crippen molar-refractivity contribution in [3.8, 4) is 6.07 Å². The van der Waals surface area contributed by atoms with E-state index >= 15 is 0 Å². The molecule has 0 aliphatic rings. The second-order valence-electron chi connectivity index (χ2n) is 3.39. The zero-order valence-corrected chi connectivity index (χ0v) is 9.70. The number of hydrogen-bond acceptors (Lipinski definition) is 4. The van der Waals surface area contributed by atoms with Gasteiger partial charge in [-0.25, -0.2) is 0 Å². The molecule has 1 heterocycles. The monoisotopic (exact) mass is 204 g/mol. The number of rotatable bonds is 3. The van der Waals surface area contributed by atoms with Gasteiger partial charge in [0.25, 0.3) is 0 Å². The Hall–Kier alpha value is -1.63. The van der Waals surface area contributed by atoms with Gasteiger partial charge in [0.2, 0.25) is 0 Å². The van der Waals surface area contributed by atoms with Gasteiger partial charge in [-0.1, -0.05) is 0 Å². The third-order valence-electron chi connectivity index (χ3n) is 2.61. The van der Waals surface area contributed by atoms with Crippen molar-refractivity contribution in [1.82, 2.24) is 10.2 Å². The van der Waals surface area contributed by atoms with E-state index in [2.05, 4.69) is 16.3 Å². The van der Waals surface area contributed by atoms with Crippen molar-refractivity contribution in [1.29, 1.82) is 5.26 Å². The highest BCUT2D eigenvalue weighted by atomic mass is 15.3. The lowest BCUT2D eigenvalue weighted by Crippen LogP contribution is -2.25. The summed E-state index contributed by atoms with van der Waals surface area (Å²) in [5, 5.41) is 17.3. The summed E-state index contributed by atoms with van der Waals surface area (Å²) < 4.78 is 0. The van der Waals surface area contributed by atoms with Crippen molar-refractivity contribution in [2.24, 2.45) is 0 Å². The van der Waals surface area contributed by atoms with Gasteiger partial charge in [-0.15, -0.1) is 5.10 Å². The van der Waals surface area contributed by atoms with E-state index in [0.29, 0.717) is 11.4 Å². The van der Waals surface area contributed by atoms with Crippen LogP contribution in [0.25, 0.3) is 0 Å². The molecule has 0 saturated carbocycles. The van der Waals surface area contributed by atoms with E-state index in [0.717, 1.165) is 24.3 Å². The molecular weight excluding hydrogens is 188 g/mol. The molecule has 1 aromatic heterocycles. The molecule has 0 atom stereocenters. The van der Waals surface area contributed by atoms with Gasteiger partial charge in [-0.05, 0) is 33.3 Å². The maximum atomic E-state index is 9.12. The molecule has 4 nitrogen and oxygen atoms in total. The first-order valence-electron chi connectivity index (χ1n) is 5.14. The fraction of sp³-hybridized carbons (Fsp3) is 0.545. The zero-order valence-electron chi connectivity index (χ0n) is 9.70. The first kappa shape index (κ1) is 11.4. The number of hydrogen-bond donors (Lipinski definition) is 0. The van der Waals surface area contributed by atoms with E-state index in [-0.39, 0.29) is 0 Å². The van der Waals surface area contributed by atoms with Gasteiger partial charge < -0.3 is 4.90 Å². The maximum Gasteiger partial charge on any atom is 0.169 e. The van der Waals surface area contributed by atoms with E-state index in [1.807, 2.05) is 32.6 Å². The van der Waals surface area contributed by atoms with Crippen LogP contribution in [0.15, 0.2) is 0 Å². The molecule has 0 saturated heterocycles. The minimum Gasteiger partial charge on any atom is -0.355 e. The molecule has 1 rings (SSSR count). The minimum absolute atomic E-state index is 0.645. The van der Waals surface area contributed by atoms with E-state index in [1.54, 1.807) is 0 Å². The summed E-state index contributed by atoms with van der Waals surface area (Å²) in [4.78, 5) is 2.04. The van der Waals surface area contributed by atoms with Gasteiger partial charge >= 0.3 is 0 Å². The highest BCUT2D eigenvalue weighted by Crippen LogP contribution is 2.20. The SMILES string of the molecule is CCN(CC)c1nnc(C)c(C)c1C#N. The second kappa shape index (κ2) is 4.74. The molecule has 4 heteroatoms. The van der Waals surface area contributed by atoms with Crippen LogP contribution in [0.3, 0.4) is 0 Å². The summed E-state index contributed by atoms with van der Waals surface area (Å²) in [6.07, 6.45) is 0. The van der Waals surface area contributed by atoms with Crippen LogP contribution in [0.1, 0.15) is 30.7 Å². The summed E-state index contributed by atoms with van der Waals surface area (Å²) in [5.41, 5.74) is 2.39. The molecule has 0 radical (unpaired) electrons. The quantitative estimate of drug-likeness (QED) is 0.753. The Bertz CT molecular complexity index is 388. The number of aryl methyl sites for hydroxylation is 1. The largest absolute Gasteiger partial charge is 0.355 e. The molecule has 80 valence electrons. The van der Waals surface area contributed by atoms with Crippen LogP contribution in [-0.2, 0) is 0 Å². The van der Waals surface area contributed by atoms with Crippen molar-refractivity contribution in [3.63, 3.8) is 0 Å². The van der Waals surface area contributed by atoms with Crippen molar-refractivity contribution in [3.05, 3.63) is 16.8 Å². The molecule has 0 aliphatic carbocycles. The zero-order chi connectivity index (χ0) is 11.4. The smallest absolute Gasteiger partial charge is 0.169 e. The van der Waals surface area contributed by atoms with Crippen LogP contribution >= 0.6 is 0 Å². The number of aromatic nitrogens is 2. The number of nitrogens with zero attached hydrogens (tertiary/aromatic N) is 4. The summed E-state index contributed by atoms with van der Waals surface area (Å²) >= 11 is 0. The lowest BCUT2D eigenvalue weighted by molar-refractivity contribution is 0.811. The molecule has 0 aromatic carbocycles. The summed E-state index contributed by atoms with van der Waals surface area (Å²) in [6.45, 7) is 9.54. The van der Waals surface area contributed by atoms with E-state index in [4.69, 9.17) is 5.26 Å². The fourth-order valence-electron chi connectivity index (χ4n) is 1.47. The molecule has 0 aliphatic heterocycles. The molecule has 0 spiro atoms. The lowest BCUT2D eigenvalue weighted by atomic mass is 10.1.